The first-order valence-electron chi connectivity index (χ1n) is 6.10. The summed E-state index contributed by atoms with van der Waals surface area (Å²) in [5.41, 5.74) is 2.49. The van der Waals surface area contributed by atoms with Crippen molar-refractivity contribution in [2.75, 3.05) is 0 Å². The van der Waals surface area contributed by atoms with Crippen LogP contribution < -0.4 is 0 Å². The second-order valence-corrected chi connectivity index (χ2v) is 4.37. The zero-order valence-corrected chi connectivity index (χ0v) is 9.92. The highest BCUT2D eigenvalue weighted by Gasteiger charge is 2.05. The summed E-state index contributed by atoms with van der Waals surface area (Å²) < 4.78 is 0. The normalized spacial score (nSPS) is 12.3. The van der Waals surface area contributed by atoms with Gasteiger partial charge in [0.05, 0.1) is 6.10 Å². The van der Waals surface area contributed by atoms with E-state index in [-0.39, 0.29) is 6.10 Å². The van der Waals surface area contributed by atoms with Crippen molar-refractivity contribution >= 4 is 0 Å². The molecule has 88 valence electrons. The molecule has 0 aromatic heterocycles. The summed E-state index contributed by atoms with van der Waals surface area (Å²) in [6, 6.07) is 20.5. The van der Waals surface area contributed by atoms with Gasteiger partial charge < -0.3 is 5.11 Å². The van der Waals surface area contributed by atoms with Crippen LogP contribution in [0.5, 0.6) is 0 Å². The van der Waals surface area contributed by atoms with Crippen molar-refractivity contribution in [1.82, 2.24) is 0 Å². The Morgan fingerprint density at radius 2 is 1.29 bits per heavy atom. The Labute approximate surface area is 103 Å². The molecule has 1 atom stereocenters. The van der Waals surface area contributed by atoms with Gasteiger partial charge in [0.1, 0.15) is 0 Å². The second kappa shape index (κ2) is 6.21. The van der Waals surface area contributed by atoms with E-state index in [1.165, 1.54) is 11.1 Å². The van der Waals surface area contributed by atoms with Crippen LogP contribution in [0.3, 0.4) is 0 Å². The van der Waals surface area contributed by atoms with Gasteiger partial charge in [-0.05, 0) is 30.4 Å². The predicted molar refractivity (Wildman–Crippen MR) is 70.9 cm³/mol. The highest BCUT2D eigenvalue weighted by Crippen LogP contribution is 2.09. The van der Waals surface area contributed by atoms with Gasteiger partial charge in [-0.3, -0.25) is 0 Å². The Morgan fingerprint density at radius 3 is 1.88 bits per heavy atom. The molecular formula is C16H18O. The molecule has 0 aliphatic heterocycles. The van der Waals surface area contributed by atoms with E-state index in [0.717, 1.165) is 19.3 Å². The molecule has 0 fully saturated rings. The third-order valence-corrected chi connectivity index (χ3v) is 2.92. The maximum atomic E-state index is 9.96. The standard InChI is InChI=1S/C16H18O/c17-16(13-15-9-5-2-6-10-15)12-11-14-7-3-1-4-8-14/h1-10,16-17H,11-13H2. The van der Waals surface area contributed by atoms with Crippen LogP contribution >= 0.6 is 0 Å². The van der Waals surface area contributed by atoms with Crippen LogP contribution in [0.25, 0.3) is 0 Å². The largest absolute Gasteiger partial charge is 0.393 e. The molecule has 2 aromatic rings. The molecule has 0 radical (unpaired) electrons. The van der Waals surface area contributed by atoms with Crippen LogP contribution in [0, 0.1) is 0 Å². The molecule has 1 nitrogen and oxygen atoms in total. The van der Waals surface area contributed by atoms with E-state index in [1.807, 2.05) is 36.4 Å². The molecule has 2 rings (SSSR count). The average molecular weight is 226 g/mol. The van der Waals surface area contributed by atoms with Crippen LogP contribution in [0.15, 0.2) is 60.7 Å². The van der Waals surface area contributed by atoms with Gasteiger partial charge in [0.25, 0.3) is 0 Å². The molecule has 1 heteroatoms. The van der Waals surface area contributed by atoms with E-state index in [0.29, 0.717) is 0 Å². The number of hydrogen-bond donors (Lipinski definition) is 1. The number of rotatable bonds is 5. The van der Waals surface area contributed by atoms with E-state index in [9.17, 15) is 5.11 Å². The first kappa shape index (κ1) is 11.9. The lowest BCUT2D eigenvalue weighted by atomic mass is 10.0. The highest BCUT2D eigenvalue weighted by atomic mass is 16.3. The molecule has 0 amide bonds. The zero-order valence-electron chi connectivity index (χ0n) is 9.92. The van der Waals surface area contributed by atoms with E-state index in [1.54, 1.807) is 0 Å². The molecule has 0 spiro atoms. The summed E-state index contributed by atoms with van der Waals surface area (Å²) in [4.78, 5) is 0. The highest BCUT2D eigenvalue weighted by molar-refractivity contribution is 5.17. The lowest BCUT2D eigenvalue weighted by molar-refractivity contribution is 0.165. The molecule has 0 saturated carbocycles. The van der Waals surface area contributed by atoms with Crippen molar-refractivity contribution in [3.8, 4) is 0 Å². The minimum absolute atomic E-state index is 0.252. The molecule has 0 saturated heterocycles. The first-order chi connectivity index (χ1) is 8.34. The fourth-order valence-corrected chi connectivity index (χ4v) is 1.97. The van der Waals surface area contributed by atoms with E-state index < -0.39 is 0 Å². The lowest BCUT2D eigenvalue weighted by Gasteiger charge is -2.10. The van der Waals surface area contributed by atoms with Crippen LogP contribution in [-0.4, -0.2) is 11.2 Å². The van der Waals surface area contributed by atoms with Gasteiger partial charge in [0.2, 0.25) is 0 Å². The van der Waals surface area contributed by atoms with Crippen LogP contribution in [-0.2, 0) is 12.8 Å². The summed E-state index contributed by atoms with van der Waals surface area (Å²) in [7, 11) is 0. The van der Waals surface area contributed by atoms with Gasteiger partial charge in [0, 0.05) is 0 Å². The Hall–Kier alpha value is -1.60. The van der Waals surface area contributed by atoms with Crippen LogP contribution in [0.4, 0.5) is 0 Å². The molecule has 0 bridgehead atoms. The summed E-state index contributed by atoms with van der Waals surface area (Å²) in [6.45, 7) is 0. The molecule has 0 heterocycles. The third kappa shape index (κ3) is 4.04. The van der Waals surface area contributed by atoms with Crippen molar-refractivity contribution in [2.24, 2.45) is 0 Å². The topological polar surface area (TPSA) is 20.2 Å². The molecule has 0 aliphatic carbocycles. The molecule has 0 aliphatic rings. The van der Waals surface area contributed by atoms with Gasteiger partial charge in [-0.15, -0.1) is 0 Å². The van der Waals surface area contributed by atoms with Gasteiger partial charge in [0.15, 0.2) is 0 Å². The zero-order chi connectivity index (χ0) is 11.9. The summed E-state index contributed by atoms with van der Waals surface area (Å²) >= 11 is 0. The summed E-state index contributed by atoms with van der Waals surface area (Å²) in [5.74, 6) is 0. The number of benzene rings is 2. The number of aryl methyl sites for hydroxylation is 1. The minimum atomic E-state index is -0.252. The van der Waals surface area contributed by atoms with Crippen LogP contribution in [0.2, 0.25) is 0 Å². The predicted octanol–water partition coefficient (Wildman–Crippen LogP) is 3.22. The Kier molecular flexibility index (Phi) is 4.34. The number of hydrogen-bond acceptors (Lipinski definition) is 1. The molecule has 1 unspecified atom stereocenters. The second-order valence-electron chi connectivity index (χ2n) is 4.37. The van der Waals surface area contributed by atoms with E-state index in [4.69, 9.17) is 0 Å². The van der Waals surface area contributed by atoms with Gasteiger partial charge in [-0.25, -0.2) is 0 Å². The monoisotopic (exact) mass is 226 g/mol. The number of aliphatic hydroxyl groups is 1. The quantitative estimate of drug-likeness (QED) is 0.830. The molecule has 2 aromatic carbocycles. The SMILES string of the molecule is OC(CCc1ccccc1)Cc1ccccc1. The molecular weight excluding hydrogens is 208 g/mol. The Morgan fingerprint density at radius 1 is 0.765 bits per heavy atom. The van der Waals surface area contributed by atoms with Gasteiger partial charge in [-0.1, -0.05) is 60.7 Å². The van der Waals surface area contributed by atoms with E-state index >= 15 is 0 Å². The third-order valence-electron chi connectivity index (χ3n) is 2.92. The molecule has 17 heavy (non-hydrogen) atoms. The average Bonchev–Trinajstić information content (AvgIpc) is 2.39. The van der Waals surface area contributed by atoms with Crippen molar-refractivity contribution in [3.63, 3.8) is 0 Å². The molecule has 1 N–H and O–H groups in total. The fraction of sp³-hybridized carbons (Fsp3) is 0.250. The lowest BCUT2D eigenvalue weighted by Crippen LogP contribution is -2.11. The van der Waals surface area contributed by atoms with Crippen molar-refractivity contribution in [3.05, 3.63) is 71.8 Å². The Bertz CT molecular complexity index is 422. The van der Waals surface area contributed by atoms with Gasteiger partial charge in [-0.2, -0.15) is 0 Å². The summed E-state index contributed by atoms with van der Waals surface area (Å²) in [5, 5.41) is 9.96. The fourth-order valence-electron chi connectivity index (χ4n) is 1.97. The maximum absolute atomic E-state index is 9.96. The van der Waals surface area contributed by atoms with Crippen molar-refractivity contribution in [1.29, 1.82) is 0 Å². The smallest absolute Gasteiger partial charge is 0.0583 e. The van der Waals surface area contributed by atoms with Crippen molar-refractivity contribution in [2.45, 2.75) is 25.4 Å². The number of aliphatic hydroxyl groups excluding tert-OH is 1. The van der Waals surface area contributed by atoms with Crippen molar-refractivity contribution < 1.29 is 5.11 Å². The first-order valence-corrected chi connectivity index (χ1v) is 6.10. The minimum Gasteiger partial charge on any atom is -0.393 e. The maximum Gasteiger partial charge on any atom is 0.0583 e. The van der Waals surface area contributed by atoms with E-state index in [2.05, 4.69) is 24.3 Å². The van der Waals surface area contributed by atoms with Crippen LogP contribution in [0.1, 0.15) is 17.5 Å². The Balaban J connectivity index is 1.80. The summed E-state index contributed by atoms with van der Waals surface area (Å²) in [6.07, 6.45) is 2.25. The van der Waals surface area contributed by atoms with Gasteiger partial charge >= 0.3 is 0 Å².